The molecule has 0 radical (unpaired) electrons. The van der Waals surface area contributed by atoms with Crippen molar-refractivity contribution >= 4 is 46.2 Å². The van der Waals surface area contributed by atoms with E-state index in [1.165, 1.54) is 25.3 Å². The molecule has 1 saturated carbocycles. The number of nitriles is 1. The Morgan fingerprint density at radius 2 is 2.00 bits per heavy atom. The molecule has 10 heteroatoms. The van der Waals surface area contributed by atoms with Gasteiger partial charge < -0.3 is 19.4 Å². The Morgan fingerprint density at radius 3 is 2.68 bits per heavy atom. The first-order chi connectivity index (χ1) is 21.2. The highest BCUT2D eigenvalue weighted by atomic mass is 35.5. The van der Waals surface area contributed by atoms with Crippen LogP contribution in [0.3, 0.4) is 0 Å². The minimum atomic E-state index is -0.346. The van der Waals surface area contributed by atoms with Gasteiger partial charge in [-0.25, -0.2) is 4.99 Å². The summed E-state index contributed by atoms with van der Waals surface area (Å²) < 4.78 is 6.19. The number of ether oxygens (including phenoxy) is 1. The number of hydrogen-bond acceptors (Lipinski definition) is 8. The van der Waals surface area contributed by atoms with E-state index in [0.29, 0.717) is 43.5 Å². The first-order valence-corrected chi connectivity index (χ1v) is 15.6. The summed E-state index contributed by atoms with van der Waals surface area (Å²) in [6, 6.07) is 14.3. The quantitative estimate of drug-likeness (QED) is 0.300. The molecule has 9 nitrogen and oxygen atoms in total. The lowest BCUT2D eigenvalue weighted by molar-refractivity contribution is -0.126. The van der Waals surface area contributed by atoms with Crippen LogP contribution in [0.25, 0.3) is 10.8 Å². The maximum absolute atomic E-state index is 12.4. The molecule has 44 heavy (non-hydrogen) atoms. The zero-order valence-electron chi connectivity index (χ0n) is 26.4. The van der Waals surface area contributed by atoms with Gasteiger partial charge in [0.25, 0.3) is 0 Å². The molecule has 1 amide bonds. The highest BCUT2D eigenvalue weighted by Gasteiger charge is 2.35. The second kappa shape index (κ2) is 15.2. The van der Waals surface area contributed by atoms with E-state index in [4.69, 9.17) is 26.3 Å². The number of likely N-dealkylation sites (N-methyl/N-ethyl adjacent to an activating group) is 3. The fraction of sp³-hybridized carbons (Fsp3) is 0.471. The minimum Gasteiger partial charge on any atom is -0.462 e. The lowest BCUT2D eigenvalue weighted by atomic mass is 9.77. The van der Waals surface area contributed by atoms with Gasteiger partial charge in [-0.1, -0.05) is 42.4 Å². The van der Waals surface area contributed by atoms with Crippen molar-refractivity contribution in [3.8, 4) is 6.07 Å². The number of halogens is 1. The predicted octanol–water partition coefficient (Wildman–Crippen LogP) is 5.72. The number of benzene rings is 2. The number of hydrogen-bond donors (Lipinski definition) is 0. The van der Waals surface area contributed by atoms with Crippen LogP contribution in [0.2, 0.25) is 5.02 Å². The summed E-state index contributed by atoms with van der Waals surface area (Å²) in [6.07, 6.45) is 9.69. The molecule has 1 atom stereocenters. The van der Waals surface area contributed by atoms with Crippen molar-refractivity contribution in [3.05, 3.63) is 66.0 Å². The highest BCUT2D eigenvalue weighted by molar-refractivity contribution is 6.36. The van der Waals surface area contributed by atoms with Gasteiger partial charge in [-0.05, 0) is 69.3 Å². The zero-order valence-corrected chi connectivity index (χ0v) is 27.1. The van der Waals surface area contributed by atoms with Crippen LogP contribution in [0.15, 0.2) is 70.9 Å². The Bertz CT molecular complexity index is 1450. The molecular formula is C34H44ClN7O2. The van der Waals surface area contributed by atoms with Gasteiger partial charge >= 0.3 is 6.02 Å². The van der Waals surface area contributed by atoms with Gasteiger partial charge in [0.15, 0.2) is 0 Å². The predicted molar refractivity (Wildman–Crippen MR) is 180 cm³/mol. The average molecular weight is 618 g/mol. The summed E-state index contributed by atoms with van der Waals surface area (Å²) in [6.45, 7) is 8.78. The van der Waals surface area contributed by atoms with Crippen molar-refractivity contribution in [2.45, 2.75) is 50.6 Å². The average Bonchev–Trinajstić information content (AvgIpc) is 3.01. The molecule has 0 aromatic heterocycles. The van der Waals surface area contributed by atoms with E-state index in [-0.39, 0.29) is 29.9 Å². The number of aliphatic imine (C=N–C) groups is 2. The molecular weight excluding hydrogens is 574 g/mol. The molecule has 1 aliphatic carbocycles. The molecule has 1 fully saturated rings. The smallest absolute Gasteiger partial charge is 0.318 e. The molecule has 0 saturated heterocycles. The Hall–Kier alpha value is -3.87. The zero-order chi connectivity index (χ0) is 31.7. The summed E-state index contributed by atoms with van der Waals surface area (Å²) in [5.41, 5.74) is 1.26. The number of amidine groups is 1. The van der Waals surface area contributed by atoms with Crippen LogP contribution in [0.1, 0.15) is 39.0 Å². The number of anilines is 1. The fourth-order valence-electron chi connectivity index (χ4n) is 5.68. The van der Waals surface area contributed by atoms with Crippen molar-refractivity contribution in [1.82, 2.24) is 14.7 Å². The third-order valence-electron chi connectivity index (χ3n) is 8.90. The first kappa shape index (κ1) is 33.0. The highest BCUT2D eigenvalue weighted by Crippen LogP contribution is 2.36. The molecule has 0 N–H and O–H groups in total. The van der Waals surface area contributed by atoms with E-state index >= 15 is 0 Å². The first-order valence-electron chi connectivity index (χ1n) is 15.2. The van der Waals surface area contributed by atoms with Gasteiger partial charge in [-0.3, -0.25) is 9.69 Å². The van der Waals surface area contributed by atoms with Crippen LogP contribution in [-0.4, -0.2) is 98.4 Å². The second-order valence-electron chi connectivity index (χ2n) is 11.8. The fourth-order valence-corrected chi connectivity index (χ4v) is 5.96. The summed E-state index contributed by atoms with van der Waals surface area (Å²) in [7, 11) is 5.74. The Balaban J connectivity index is 1.61. The van der Waals surface area contributed by atoms with E-state index in [0.717, 1.165) is 23.0 Å². The van der Waals surface area contributed by atoms with Crippen LogP contribution < -0.4 is 4.90 Å². The second-order valence-corrected chi connectivity index (χ2v) is 12.2. The summed E-state index contributed by atoms with van der Waals surface area (Å²) >= 11 is 6.68. The van der Waals surface area contributed by atoms with Gasteiger partial charge in [0, 0.05) is 56.6 Å². The normalized spacial score (nSPS) is 20.2. The van der Waals surface area contributed by atoms with Gasteiger partial charge in [0.05, 0.1) is 30.1 Å². The molecule has 234 valence electrons. The molecule has 0 bridgehead atoms. The Labute approximate surface area is 266 Å². The maximum Gasteiger partial charge on any atom is 0.318 e. The van der Waals surface area contributed by atoms with E-state index in [1.807, 2.05) is 36.4 Å². The van der Waals surface area contributed by atoms with Crippen LogP contribution in [0.5, 0.6) is 0 Å². The summed E-state index contributed by atoms with van der Waals surface area (Å²) in [4.78, 5) is 30.0. The number of nitrogens with zero attached hydrogens (tertiary/aromatic N) is 7. The molecule has 1 unspecified atom stereocenters. The molecule has 2 aromatic carbocycles. The third kappa shape index (κ3) is 7.99. The van der Waals surface area contributed by atoms with Gasteiger partial charge in [0.2, 0.25) is 5.91 Å². The molecule has 0 spiro atoms. The maximum atomic E-state index is 12.4. The van der Waals surface area contributed by atoms with E-state index in [1.54, 1.807) is 11.9 Å². The molecule has 2 aliphatic rings. The monoisotopic (exact) mass is 617 g/mol. The van der Waals surface area contributed by atoms with Crippen molar-refractivity contribution in [2.75, 3.05) is 58.8 Å². The van der Waals surface area contributed by atoms with Crippen LogP contribution >= 0.6 is 11.6 Å². The number of fused-ring (bicyclic) bond motifs is 1. The minimum absolute atomic E-state index is 0.180. The number of carbonyl (C=O) groups excluding carboxylic acids is 1. The number of amides is 1. The summed E-state index contributed by atoms with van der Waals surface area (Å²) in [5, 5.41) is 12.3. The lowest BCUT2D eigenvalue weighted by Gasteiger charge is -2.46. The SMILES string of the molecule is C=CC(=O)N(C)C(CC#N)CN(C)C1=C\CCN(c2cccc3cccc(Cl)c23)C/C=N/C(OCCN(C)C2(C)CCC2)=N\1. The van der Waals surface area contributed by atoms with Crippen LogP contribution in [-0.2, 0) is 9.53 Å². The van der Waals surface area contributed by atoms with Crippen molar-refractivity contribution in [2.24, 2.45) is 9.98 Å². The Kier molecular flexibility index (Phi) is 11.4. The van der Waals surface area contributed by atoms with Crippen LogP contribution in [0, 0.1) is 11.3 Å². The summed E-state index contributed by atoms with van der Waals surface area (Å²) in [5.74, 6) is 0.432. The topological polar surface area (TPSA) is 87.8 Å². The molecule has 1 heterocycles. The van der Waals surface area contributed by atoms with Crippen molar-refractivity contribution in [1.29, 1.82) is 5.26 Å². The lowest BCUT2D eigenvalue weighted by Crippen LogP contribution is -2.50. The van der Waals surface area contributed by atoms with E-state index in [2.05, 4.69) is 60.7 Å². The largest absolute Gasteiger partial charge is 0.462 e. The Morgan fingerprint density at radius 1 is 1.25 bits per heavy atom. The van der Waals surface area contributed by atoms with Crippen LogP contribution in [0.4, 0.5) is 5.69 Å². The van der Waals surface area contributed by atoms with Crippen molar-refractivity contribution < 1.29 is 9.53 Å². The standard InChI is InChI=1S/C34H44ClN7O2/c1-6-31(43)41(5)27(16-19-36)25-39(3)30-15-9-21-42(29-14-8-12-26-11-7-13-28(35)32(26)29)22-20-37-33(38-30)44-24-23-40(4)34(2)17-10-18-34/h6-8,11-15,20,27H,1,9-10,16-18,21-25H2,2-5H3/b30-15-,37-20+,38-33+. The number of carbonyl (C=O) groups is 1. The van der Waals surface area contributed by atoms with Crippen molar-refractivity contribution in [3.63, 3.8) is 0 Å². The number of rotatable bonds is 11. The van der Waals surface area contributed by atoms with Gasteiger partial charge in [0.1, 0.15) is 12.4 Å². The van der Waals surface area contributed by atoms with E-state index < -0.39 is 0 Å². The van der Waals surface area contributed by atoms with E-state index in [9.17, 15) is 10.1 Å². The molecule has 2 aromatic rings. The molecule has 4 rings (SSSR count). The third-order valence-corrected chi connectivity index (χ3v) is 9.21. The molecule has 1 aliphatic heterocycles. The van der Waals surface area contributed by atoms with Gasteiger partial charge in [-0.2, -0.15) is 10.3 Å². The van der Waals surface area contributed by atoms with Gasteiger partial charge in [-0.15, -0.1) is 0 Å².